The number of thiophene rings is 1. The van der Waals surface area contributed by atoms with Crippen molar-refractivity contribution in [2.24, 2.45) is 0 Å². The summed E-state index contributed by atoms with van der Waals surface area (Å²) in [4.78, 5) is 28.0. The summed E-state index contributed by atoms with van der Waals surface area (Å²) in [5.41, 5.74) is 0. The minimum atomic E-state index is -1.01. The third kappa shape index (κ3) is 4.51. The van der Waals surface area contributed by atoms with Crippen molar-refractivity contribution >= 4 is 40.6 Å². The molecule has 1 unspecified atom stereocenters. The standard InChI is InChI=1S/C14H14N2O3S2/c1-9(14-15-6-7-20-14)8-16-13(19)11-4-2-10(21-11)3-5-12(17)18/h2-7,9H,8H2,1H3,(H,16,19)(H,17,18)/b5-3+. The highest BCUT2D eigenvalue weighted by Gasteiger charge is 2.12. The number of rotatable bonds is 6. The van der Waals surface area contributed by atoms with Crippen LogP contribution in [-0.2, 0) is 4.79 Å². The Balaban J connectivity index is 1.90. The smallest absolute Gasteiger partial charge is 0.328 e. The first kappa shape index (κ1) is 15.4. The number of aromatic nitrogens is 1. The van der Waals surface area contributed by atoms with Crippen LogP contribution in [0.15, 0.2) is 29.8 Å². The number of carboxylic acids is 1. The number of amides is 1. The van der Waals surface area contributed by atoms with Gasteiger partial charge in [0.2, 0.25) is 0 Å². The van der Waals surface area contributed by atoms with Crippen LogP contribution in [0.5, 0.6) is 0 Å². The van der Waals surface area contributed by atoms with Crippen molar-refractivity contribution in [2.45, 2.75) is 12.8 Å². The van der Waals surface area contributed by atoms with E-state index >= 15 is 0 Å². The Morgan fingerprint density at radius 2 is 2.29 bits per heavy atom. The van der Waals surface area contributed by atoms with Crippen molar-refractivity contribution in [1.29, 1.82) is 0 Å². The fourth-order valence-corrected chi connectivity index (χ4v) is 3.14. The van der Waals surface area contributed by atoms with Gasteiger partial charge in [-0.15, -0.1) is 22.7 Å². The van der Waals surface area contributed by atoms with E-state index in [0.717, 1.165) is 16.0 Å². The van der Waals surface area contributed by atoms with E-state index in [-0.39, 0.29) is 11.8 Å². The average Bonchev–Trinajstić information content (AvgIpc) is 3.12. The third-order valence-corrected chi connectivity index (χ3v) is 4.74. The third-order valence-electron chi connectivity index (χ3n) is 2.68. The van der Waals surface area contributed by atoms with Gasteiger partial charge in [0.15, 0.2) is 0 Å². The maximum atomic E-state index is 12.0. The Morgan fingerprint density at radius 3 is 2.95 bits per heavy atom. The zero-order valence-corrected chi connectivity index (χ0v) is 12.9. The molecule has 0 bridgehead atoms. The molecule has 1 atom stereocenters. The van der Waals surface area contributed by atoms with Gasteiger partial charge in [-0.25, -0.2) is 9.78 Å². The second-order valence-electron chi connectivity index (χ2n) is 4.36. The van der Waals surface area contributed by atoms with Crippen molar-refractivity contribution in [1.82, 2.24) is 10.3 Å². The number of nitrogens with one attached hydrogen (secondary N) is 1. The summed E-state index contributed by atoms with van der Waals surface area (Å²) in [6, 6.07) is 3.42. The van der Waals surface area contributed by atoms with E-state index in [2.05, 4.69) is 10.3 Å². The molecule has 2 rings (SSSR count). The van der Waals surface area contributed by atoms with Crippen LogP contribution in [0, 0.1) is 0 Å². The first-order chi connectivity index (χ1) is 10.1. The van der Waals surface area contributed by atoms with E-state index in [0.29, 0.717) is 11.4 Å². The molecule has 5 nitrogen and oxygen atoms in total. The molecule has 0 aliphatic carbocycles. The van der Waals surface area contributed by atoms with E-state index < -0.39 is 5.97 Å². The Kier molecular flexibility index (Phi) is 5.24. The summed E-state index contributed by atoms with van der Waals surface area (Å²) in [5, 5.41) is 14.3. The first-order valence-electron chi connectivity index (χ1n) is 6.24. The zero-order valence-electron chi connectivity index (χ0n) is 11.3. The van der Waals surface area contributed by atoms with Crippen molar-refractivity contribution in [3.63, 3.8) is 0 Å². The number of carbonyl (C=O) groups excluding carboxylic acids is 1. The molecule has 2 N–H and O–H groups in total. The number of carbonyl (C=O) groups is 2. The fourth-order valence-electron chi connectivity index (χ4n) is 1.62. The predicted molar refractivity (Wildman–Crippen MR) is 83.9 cm³/mol. The molecule has 7 heteroatoms. The van der Waals surface area contributed by atoms with Gasteiger partial charge in [0.1, 0.15) is 0 Å². The molecule has 0 aliphatic rings. The molecule has 110 valence electrons. The highest BCUT2D eigenvalue weighted by molar-refractivity contribution is 7.14. The van der Waals surface area contributed by atoms with E-state index in [1.54, 1.807) is 29.7 Å². The van der Waals surface area contributed by atoms with Crippen LogP contribution in [-0.4, -0.2) is 28.5 Å². The molecular formula is C14H14N2O3S2. The van der Waals surface area contributed by atoms with Crippen LogP contribution in [0.2, 0.25) is 0 Å². The zero-order chi connectivity index (χ0) is 15.2. The van der Waals surface area contributed by atoms with Crippen LogP contribution in [0.25, 0.3) is 6.08 Å². The summed E-state index contributed by atoms with van der Waals surface area (Å²) >= 11 is 2.82. The molecule has 1 amide bonds. The van der Waals surface area contributed by atoms with Crippen molar-refractivity contribution in [3.05, 3.63) is 44.5 Å². The minimum Gasteiger partial charge on any atom is -0.478 e. The van der Waals surface area contributed by atoms with Gasteiger partial charge in [0.25, 0.3) is 5.91 Å². The lowest BCUT2D eigenvalue weighted by atomic mass is 10.2. The van der Waals surface area contributed by atoms with Crippen LogP contribution in [0.1, 0.15) is 32.4 Å². The topological polar surface area (TPSA) is 79.3 Å². The molecule has 0 spiro atoms. The highest BCUT2D eigenvalue weighted by Crippen LogP contribution is 2.19. The molecule has 0 fully saturated rings. The van der Waals surface area contributed by atoms with E-state index in [1.165, 1.54) is 17.4 Å². The van der Waals surface area contributed by atoms with E-state index in [9.17, 15) is 9.59 Å². The van der Waals surface area contributed by atoms with Gasteiger partial charge in [0.05, 0.1) is 9.88 Å². The molecule has 21 heavy (non-hydrogen) atoms. The molecule has 2 heterocycles. The minimum absolute atomic E-state index is 0.154. The summed E-state index contributed by atoms with van der Waals surface area (Å²) in [6.07, 6.45) is 4.28. The summed E-state index contributed by atoms with van der Waals surface area (Å²) in [5.74, 6) is -0.995. The van der Waals surface area contributed by atoms with Crippen molar-refractivity contribution in [2.75, 3.05) is 6.54 Å². The van der Waals surface area contributed by atoms with Crippen LogP contribution in [0.4, 0.5) is 0 Å². The Bertz CT molecular complexity index is 647. The Morgan fingerprint density at radius 1 is 1.48 bits per heavy atom. The summed E-state index contributed by atoms with van der Waals surface area (Å²) < 4.78 is 0. The van der Waals surface area contributed by atoms with Gasteiger partial charge in [-0.2, -0.15) is 0 Å². The molecule has 0 radical (unpaired) electrons. The van der Waals surface area contributed by atoms with Crippen LogP contribution in [0.3, 0.4) is 0 Å². The maximum Gasteiger partial charge on any atom is 0.328 e. The van der Waals surface area contributed by atoms with Gasteiger partial charge in [-0.05, 0) is 18.2 Å². The summed E-state index contributed by atoms with van der Waals surface area (Å²) in [6.45, 7) is 2.53. The molecule has 0 aromatic carbocycles. The normalized spacial score (nSPS) is 12.4. The quantitative estimate of drug-likeness (QED) is 0.802. The van der Waals surface area contributed by atoms with E-state index in [4.69, 9.17) is 5.11 Å². The lowest BCUT2D eigenvalue weighted by molar-refractivity contribution is -0.131. The molecule has 0 saturated carbocycles. The van der Waals surface area contributed by atoms with Crippen LogP contribution >= 0.6 is 22.7 Å². The molecule has 2 aromatic rings. The molecular weight excluding hydrogens is 308 g/mol. The maximum absolute atomic E-state index is 12.0. The number of aliphatic carboxylic acids is 1. The van der Waals surface area contributed by atoms with Gasteiger partial charge in [-0.3, -0.25) is 4.79 Å². The molecule has 0 saturated heterocycles. The van der Waals surface area contributed by atoms with Gasteiger partial charge in [-0.1, -0.05) is 6.92 Å². The number of hydrogen-bond acceptors (Lipinski definition) is 5. The lowest BCUT2D eigenvalue weighted by Gasteiger charge is -2.09. The summed E-state index contributed by atoms with van der Waals surface area (Å²) in [7, 11) is 0. The van der Waals surface area contributed by atoms with Crippen LogP contribution < -0.4 is 5.32 Å². The average molecular weight is 322 g/mol. The largest absolute Gasteiger partial charge is 0.478 e. The Hall–Kier alpha value is -1.99. The van der Waals surface area contributed by atoms with Gasteiger partial charge in [0, 0.05) is 35.0 Å². The second-order valence-corrected chi connectivity index (χ2v) is 6.40. The van der Waals surface area contributed by atoms with Crippen molar-refractivity contribution < 1.29 is 14.7 Å². The lowest BCUT2D eigenvalue weighted by Crippen LogP contribution is -2.26. The van der Waals surface area contributed by atoms with E-state index in [1.807, 2.05) is 12.3 Å². The number of thiazole rings is 1. The van der Waals surface area contributed by atoms with Gasteiger partial charge >= 0.3 is 5.97 Å². The highest BCUT2D eigenvalue weighted by atomic mass is 32.1. The predicted octanol–water partition coefficient (Wildman–Crippen LogP) is 2.84. The Labute approximate surface area is 130 Å². The fraction of sp³-hybridized carbons (Fsp3) is 0.214. The number of nitrogens with zero attached hydrogens (tertiary/aromatic N) is 1. The monoisotopic (exact) mass is 322 g/mol. The first-order valence-corrected chi connectivity index (χ1v) is 7.94. The number of carboxylic acid groups (broad SMARTS) is 1. The van der Waals surface area contributed by atoms with Gasteiger partial charge < -0.3 is 10.4 Å². The van der Waals surface area contributed by atoms with Crippen molar-refractivity contribution in [3.8, 4) is 0 Å². The molecule has 0 aliphatic heterocycles. The molecule has 2 aromatic heterocycles. The SMILES string of the molecule is CC(CNC(=O)c1ccc(/C=C/C(=O)O)s1)c1nccs1. The second kappa shape index (κ2) is 7.14. The number of hydrogen-bond donors (Lipinski definition) is 2.